The zero-order valence-corrected chi connectivity index (χ0v) is 32.8. The Labute approximate surface area is 347 Å². The smallest absolute Gasteiger partial charge is 0.251 e. The van der Waals surface area contributed by atoms with Gasteiger partial charge in [0, 0.05) is 26.2 Å². The number of hydrogen-bond acceptors (Lipinski definition) is 24. The van der Waals surface area contributed by atoms with Crippen molar-refractivity contribution in [3.8, 4) is 0 Å². The van der Waals surface area contributed by atoms with Gasteiger partial charge >= 0.3 is 0 Å². The van der Waals surface area contributed by atoms with Crippen molar-refractivity contribution in [1.29, 1.82) is 0 Å². The molecule has 0 saturated carbocycles. The Morgan fingerprint density at radius 1 is 0.311 bits per heavy atom. The third kappa shape index (κ3) is 18.4. The van der Waals surface area contributed by atoms with E-state index in [1.54, 1.807) is 0 Å². The molecule has 0 unspecified atom stereocenters. The molecular weight excluding hydrogens is 836 g/mol. The predicted octanol–water partition coefficient (Wildman–Crippen LogP) is -14.3. The maximum atomic E-state index is 12.7. The minimum absolute atomic E-state index is 0.309. The molecule has 0 aromatic rings. The lowest BCUT2D eigenvalue weighted by Crippen LogP contribution is -2.53. The normalized spacial score (nSPS) is 20.1. The minimum atomic E-state index is -2.41. The first kappa shape index (κ1) is 58.1. The molecule has 0 heterocycles. The van der Waals surface area contributed by atoms with Gasteiger partial charge in [0.25, 0.3) is 23.6 Å². The van der Waals surface area contributed by atoms with Gasteiger partial charge in [-0.3, -0.25) is 19.2 Å². The van der Waals surface area contributed by atoms with Crippen molar-refractivity contribution in [3.63, 3.8) is 0 Å². The summed E-state index contributed by atoms with van der Waals surface area (Å²) in [6, 6.07) is 0. The topological polar surface area (TPSA) is 521 Å². The minimum Gasteiger partial charge on any atom is -0.394 e. The van der Waals surface area contributed by atoms with Gasteiger partial charge in [0.15, 0.2) is 24.4 Å². The Morgan fingerprint density at radius 2 is 0.475 bits per heavy atom. The van der Waals surface area contributed by atoms with Crippen LogP contribution in [0.5, 0.6) is 0 Å². The largest absolute Gasteiger partial charge is 0.394 e. The van der Waals surface area contributed by atoms with Crippen molar-refractivity contribution in [2.24, 2.45) is 5.41 Å². The molecule has 0 spiro atoms. The maximum Gasteiger partial charge on any atom is 0.251 e. The first-order valence-electron chi connectivity index (χ1n) is 18.8. The number of hydrogen-bond donors (Lipinski definition) is 24. The molecule has 0 radical (unpaired) electrons. The zero-order valence-electron chi connectivity index (χ0n) is 32.8. The van der Waals surface area contributed by atoms with Gasteiger partial charge in [-0.15, -0.1) is 0 Å². The van der Waals surface area contributed by atoms with Crippen LogP contribution in [0, 0.1) is 5.41 Å². The van der Waals surface area contributed by atoms with E-state index >= 15 is 0 Å². The molecule has 0 rings (SSSR count). The van der Waals surface area contributed by atoms with E-state index in [0.717, 1.165) is 0 Å². The molecule has 0 aromatic carbocycles. The molecule has 0 fully saturated rings. The van der Waals surface area contributed by atoms with Gasteiger partial charge < -0.3 is 123 Å². The predicted molar refractivity (Wildman–Crippen MR) is 197 cm³/mol. The van der Waals surface area contributed by atoms with E-state index in [-0.39, 0.29) is 25.7 Å². The van der Waals surface area contributed by atoms with Gasteiger partial charge in [0.2, 0.25) is 0 Å². The average Bonchev–Trinajstić information content (AvgIpc) is 3.26. The lowest BCUT2D eigenvalue weighted by atomic mass is 9.75. The second kappa shape index (κ2) is 28.7. The summed E-state index contributed by atoms with van der Waals surface area (Å²) in [4.78, 5) is 50.9. The summed E-state index contributed by atoms with van der Waals surface area (Å²) in [5, 5.41) is 204. The number of aliphatic hydroxyl groups is 20. The molecule has 0 aromatic heterocycles. The summed E-state index contributed by atoms with van der Waals surface area (Å²) in [5.41, 5.74) is -1.43. The van der Waals surface area contributed by atoms with Crippen molar-refractivity contribution in [2.75, 3.05) is 52.6 Å². The SMILES string of the molecule is O=C(NCCC(CCNC(=O)[C@H](O)[C@@H](O)[C@H](O)[C@H](O)CO)(CCNC(=O)[C@H](O)[C@@H](O)[C@H](O)[C@H](O)CO)CCNC(=O)[C@H](O)[C@@H](O)[C@H](O)[C@H](O)CO)[C@H](O)[C@@H](O)[C@H](O)[C@H](O)CO. The Kier molecular flexibility index (Phi) is 27.3. The van der Waals surface area contributed by atoms with Crippen molar-refractivity contribution >= 4 is 23.6 Å². The van der Waals surface area contributed by atoms with Crippen LogP contribution in [0.2, 0.25) is 0 Å². The fraction of sp³-hybridized carbons (Fsp3) is 0.879. The summed E-state index contributed by atoms with van der Waals surface area (Å²) < 4.78 is 0. The van der Waals surface area contributed by atoms with Crippen LogP contribution >= 0.6 is 0 Å². The molecular formula is C33H64N4O24. The molecule has 0 aliphatic rings. The number of carbonyl (C=O) groups is 4. The second-order valence-corrected chi connectivity index (χ2v) is 14.4. The Balaban J connectivity index is 6.59. The van der Waals surface area contributed by atoms with E-state index in [0.29, 0.717) is 0 Å². The van der Waals surface area contributed by atoms with Gasteiger partial charge in [-0.1, -0.05) is 0 Å². The fourth-order valence-corrected chi connectivity index (χ4v) is 5.68. The highest BCUT2D eigenvalue weighted by atomic mass is 16.4. The van der Waals surface area contributed by atoms with E-state index < -0.39 is 179 Å². The van der Waals surface area contributed by atoms with E-state index in [1.165, 1.54) is 0 Å². The van der Waals surface area contributed by atoms with Gasteiger partial charge in [-0.25, -0.2) is 0 Å². The molecule has 28 heteroatoms. The molecule has 4 amide bonds. The standard InChI is InChI=1S/C33H64N4O24/c38-9-13(42)17(46)21(50)25(54)29(58)34-5-1-33(2-6-35-30(59)26(55)22(51)18(47)14(43)10-39,3-7-36-31(60)27(56)23(52)19(48)15(44)11-40)4-8-37-32(61)28(57)24(53)20(49)16(45)12-41/h13-28,38-57H,1-12H2,(H,34,58)(H,35,59)(H,36,60)(H,37,61)/t13-,14-,15-,16-,17-,18-,19-,20-,21+,22+,23+,24+,25-,26-,27-,28-/m1/s1. The van der Waals surface area contributed by atoms with Gasteiger partial charge in [-0.2, -0.15) is 0 Å². The number of nitrogens with one attached hydrogen (secondary N) is 4. The molecule has 61 heavy (non-hydrogen) atoms. The van der Waals surface area contributed by atoms with Gasteiger partial charge in [0.1, 0.15) is 73.2 Å². The van der Waals surface area contributed by atoms with Crippen LogP contribution in [0.25, 0.3) is 0 Å². The van der Waals surface area contributed by atoms with Crippen LogP contribution in [0.4, 0.5) is 0 Å². The van der Waals surface area contributed by atoms with Gasteiger partial charge in [0.05, 0.1) is 26.4 Å². The number of aliphatic hydroxyl groups excluding tert-OH is 20. The second-order valence-electron chi connectivity index (χ2n) is 14.4. The van der Waals surface area contributed by atoms with Crippen molar-refractivity contribution < 1.29 is 121 Å². The maximum absolute atomic E-state index is 12.7. The summed E-state index contributed by atoms with van der Waals surface area (Å²) >= 11 is 0. The van der Waals surface area contributed by atoms with E-state index in [1.807, 2.05) is 0 Å². The lowest BCUT2D eigenvalue weighted by molar-refractivity contribution is -0.149. The van der Waals surface area contributed by atoms with Crippen LogP contribution in [0.1, 0.15) is 25.7 Å². The summed E-state index contributed by atoms with van der Waals surface area (Å²) in [5.74, 6) is -5.38. The highest BCUT2D eigenvalue weighted by Gasteiger charge is 2.39. The van der Waals surface area contributed by atoms with Gasteiger partial charge in [-0.05, 0) is 31.1 Å². The number of rotatable bonds is 32. The average molecular weight is 901 g/mol. The molecule has 0 bridgehead atoms. The van der Waals surface area contributed by atoms with Crippen molar-refractivity contribution in [3.05, 3.63) is 0 Å². The van der Waals surface area contributed by atoms with Crippen LogP contribution in [0.15, 0.2) is 0 Å². The Hall–Kier alpha value is -2.92. The number of carbonyl (C=O) groups excluding carboxylic acids is 4. The molecule has 16 atom stereocenters. The summed E-state index contributed by atoms with van der Waals surface area (Å²) in [6.07, 6.45) is -36.9. The monoisotopic (exact) mass is 900 g/mol. The summed E-state index contributed by atoms with van der Waals surface area (Å²) in [7, 11) is 0. The third-order valence-electron chi connectivity index (χ3n) is 9.91. The molecule has 0 aliphatic carbocycles. The Morgan fingerprint density at radius 3 is 0.623 bits per heavy atom. The van der Waals surface area contributed by atoms with E-state index in [4.69, 9.17) is 20.4 Å². The Bertz CT molecular complexity index is 1100. The van der Waals surface area contributed by atoms with Crippen LogP contribution < -0.4 is 21.3 Å². The van der Waals surface area contributed by atoms with Crippen LogP contribution in [-0.2, 0) is 19.2 Å². The quantitative estimate of drug-likeness (QED) is 0.0298. The molecule has 28 nitrogen and oxygen atoms in total. The molecule has 0 aliphatic heterocycles. The molecule has 0 saturated heterocycles. The molecule has 24 N–H and O–H groups in total. The van der Waals surface area contributed by atoms with Crippen LogP contribution in [-0.4, -0.2) is 276 Å². The first-order chi connectivity index (χ1) is 28.4. The van der Waals surface area contributed by atoms with E-state index in [2.05, 4.69) is 21.3 Å². The van der Waals surface area contributed by atoms with Crippen molar-refractivity contribution in [2.45, 2.75) is 123 Å². The summed E-state index contributed by atoms with van der Waals surface area (Å²) in [6.45, 7) is -6.26. The third-order valence-corrected chi connectivity index (χ3v) is 9.91. The first-order valence-corrected chi connectivity index (χ1v) is 18.8. The number of amides is 4. The highest BCUT2D eigenvalue weighted by molar-refractivity contribution is 5.82. The molecule has 360 valence electrons. The fourth-order valence-electron chi connectivity index (χ4n) is 5.68. The van der Waals surface area contributed by atoms with E-state index in [9.17, 15) is 101 Å². The van der Waals surface area contributed by atoms with Crippen LogP contribution in [0.3, 0.4) is 0 Å². The zero-order chi connectivity index (χ0) is 47.4. The van der Waals surface area contributed by atoms with Crippen molar-refractivity contribution in [1.82, 2.24) is 21.3 Å². The highest BCUT2D eigenvalue weighted by Crippen LogP contribution is 2.34. The lowest BCUT2D eigenvalue weighted by Gasteiger charge is -2.36.